The van der Waals surface area contributed by atoms with Crippen LogP contribution in [-0.4, -0.2) is 72.3 Å². The van der Waals surface area contributed by atoms with Gasteiger partial charge in [0, 0.05) is 159 Å². The summed E-state index contributed by atoms with van der Waals surface area (Å²) in [5, 5.41) is 20.1. The molecule has 33 aromatic rings. The second-order valence-electron chi connectivity index (χ2n) is 37.3. The van der Waals surface area contributed by atoms with Crippen LogP contribution >= 0.6 is 22.7 Å². The fourth-order valence-corrected chi connectivity index (χ4v) is 25.3. The maximum atomic E-state index is 6.44. The van der Waals surface area contributed by atoms with Crippen molar-refractivity contribution < 1.29 is 4.42 Å². The van der Waals surface area contributed by atoms with Gasteiger partial charge in [-0.15, -0.1) is 22.7 Å². The van der Waals surface area contributed by atoms with Crippen LogP contribution in [0.3, 0.4) is 0 Å². The first-order chi connectivity index (χ1) is 73.0. The minimum Gasteiger partial charge on any atom is -0.452 e. The molecule has 0 saturated heterocycles. The number of hydrogen-bond acceptors (Lipinski definition) is 12. The van der Waals surface area contributed by atoms with Crippen molar-refractivity contribution in [1.82, 2.24) is 72.3 Å². The van der Waals surface area contributed by atoms with Crippen molar-refractivity contribution in [3.05, 3.63) is 455 Å². The van der Waals surface area contributed by atoms with Crippen molar-refractivity contribution in [3.8, 4) is 68.7 Å². The first kappa shape index (κ1) is 82.2. The van der Waals surface area contributed by atoms with E-state index in [1.165, 1.54) is 36.3 Å². The lowest BCUT2D eigenvalue weighted by atomic mass is 10.1. The molecule has 0 saturated carbocycles. The van der Waals surface area contributed by atoms with Crippen molar-refractivity contribution in [1.29, 1.82) is 0 Å². The van der Waals surface area contributed by atoms with E-state index in [4.69, 9.17) is 49.3 Å². The first-order valence-corrected chi connectivity index (χ1v) is 50.8. The monoisotopic (exact) mass is 1910 g/mol. The molecule has 0 N–H and O–H groups in total. The Kier molecular flexibility index (Phi) is 18.2. The van der Waals surface area contributed by atoms with E-state index in [-0.39, 0.29) is 0 Å². The number of rotatable bonds is 9. The SMILES string of the molecule is c1ccc(-c2nc(-n3c4ccccc4c4cnc5c(ccc6c7ccccc7n(-c7ccccc7)c65)c43)c3sc4ccccc4c3n2)cc1.c1ccc(-c2nc(-n3c4ccccc4c4cnc5c(ccc6c7ccccc7n(-c7ccccc7)c65)c43)nc3c2oc2ccccc23)cc1.c1ccc(-c2nc(-n3c4ccccc4c4cnc5c(ccc6c7ccccc7n(-c7ccccc7)c65)c43)nc3c2sc2ccccc23)cc1. The molecular weight excluding hydrogens is 1840 g/mol. The molecule has 147 heavy (non-hydrogen) atoms. The Morgan fingerprint density at radius 3 is 0.925 bits per heavy atom. The molecule has 0 bridgehead atoms. The number of hydrogen-bond donors (Lipinski definition) is 0. The lowest BCUT2D eigenvalue weighted by Gasteiger charge is -2.13. The van der Waals surface area contributed by atoms with Crippen LogP contribution in [-0.2, 0) is 0 Å². The smallest absolute Gasteiger partial charge is 0.236 e. The fourth-order valence-electron chi connectivity index (χ4n) is 23.0. The number of pyridine rings is 3. The second kappa shape index (κ2) is 32.5. The molecule has 18 aromatic carbocycles. The van der Waals surface area contributed by atoms with Crippen LogP contribution in [0.4, 0.5) is 0 Å². The van der Waals surface area contributed by atoms with Gasteiger partial charge in [0.25, 0.3) is 0 Å². The number of fused-ring (bicyclic) bond motifs is 36. The minimum absolute atomic E-state index is 0.584. The lowest BCUT2D eigenvalue weighted by molar-refractivity contribution is 0.666. The molecule has 0 amide bonds. The molecular formula is C129H75N15OS2. The van der Waals surface area contributed by atoms with Gasteiger partial charge in [0.2, 0.25) is 11.9 Å². The Bertz CT molecular complexity index is 10900. The van der Waals surface area contributed by atoms with Gasteiger partial charge in [-0.05, 0) is 115 Å². The zero-order chi connectivity index (χ0) is 96.2. The molecule has 15 heterocycles. The van der Waals surface area contributed by atoms with Crippen molar-refractivity contribution in [2.45, 2.75) is 0 Å². The Balaban J connectivity index is 0.0000000999. The van der Waals surface area contributed by atoms with E-state index >= 15 is 0 Å². The summed E-state index contributed by atoms with van der Waals surface area (Å²) in [6.07, 6.45) is 6.12. The van der Waals surface area contributed by atoms with Gasteiger partial charge < -0.3 is 18.1 Å². The predicted molar refractivity (Wildman–Crippen MR) is 607 cm³/mol. The van der Waals surface area contributed by atoms with Crippen LogP contribution in [0.15, 0.2) is 460 Å². The average molecular weight is 1920 g/mol. The molecule has 0 radical (unpaired) electrons. The zero-order valence-electron chi connectivity index (χ0n) is 78.2. The third-order valence-electron chi connectivity index (χ3n) is 29.3. The maximum Gasteiger partial charge on any atom is 0.236 e. The normalized spacial score (nSPS) is 12.1. The number of aromatic nitrogens is 15. The Labute approximate surface area is 843 Å². The van der Waals surface area contributed by atoms with Crippen molar-refractivity contribution in [3.63, 3.8) is 0 Å². The van der Waals surface area contributed by atoms with E-state index in [1.807, 2.05) is 67.0 Å². The first-order valence-electron chi connectivity index (χ1n) is 49.1. The van der Waals surface area contributed by atoms with Gasteiger partial charge in [-0.2, -0.15) is 0 Å². The van der Waals surface area contributed by atoms with Crippen LogP contribution in [0.25, 0.3) is 295 Å². The van der Waals surface area contributed by atoms with E-state index in [0.717, 1.165) is 235 Å². The van der Waals surface area contributed by atoms with Gasteiger partial charge in [0.15, 0.2) is 17.2 Å². The van der Waals surface area contributed by atoms with Crippen LogP contribution < -0.4 is 0 Å². The summed E-state index contributed by atoms with van der Waals surface area (Å²) >= 11 is 3.51. The number of benzene rings is 18. The molecule has 15 aromatic heterocycles. The Hall–Kier alpha value is -19.5. The summed E-state index contributed by atoms with van der Waals surface area (Å²) in [7, 11) is 0. The molecule has 0 atom stereocenters. The summed E-state index contributed by atoms with van der Waals surface area (Å²) in [4.78, 5) is 47.8. The van der Waals surface area contributed by atoms with Gasteiger partial charge in [-0.3, -0.25) is 28.7 Å². The van der Waals surface area contributed by atoms with E-state index in [2.05, 4.69) is 416 Å². The third-order valence-corrected chi connectivity index (χ3v) is 31.6. The summed E-state index contributed by atoms with van der Waals surface area (Å²) in [6.45, 7) is 0. The fraction of sp³-hybridized carbons (Fsp3) is 0. The molecule has 0 spiro atoms. The van der Waals surface area contributed by atoms with E-state index in [9.17, 15) is 0 Å². The maximum absolute atomic E-state index is 6.44. The molecule has 0 aliphatic carbocycles. The Morgan fingerprint density at radius 2 is 0.497 bits per heavy atom. The van der Waals surface area contributed by atoms with Gasteiger partial charge in [-0.25, -0.2) is 29.9 Å². The van der Waals surface area contributed by atoms with E-state index < -0.39 is 0 Å². The van der Waals surface area contributed by atoms with Crippen LogP contribution in [0.5, 0.6) is 0 Å². The summed E-state index contributed by atoms with van der Waals surface area (Å²) in [6, 6.07) is 153. The van der Waals surface area contributed by atoms with Gasteiger partial charge in [0.1, 0.15) is 16.8 Å². The molecule has 0 fully saturated rings. The van der Waals surface area contributed by atoms with Gasteiger partial charge >= 0.3 is 0 Å². The molecule has 0 unspecified atom stereocenters. The number of nitrogens with zero attached hydrogens (tertiary/aromatic N) is 15. The highest BCUT2D eigenvalue weighted by molar-refractivity contribution is 7.26. The number of furan rings is 1. The van der Waals surface area contributed by atoms with Crippen LogP contribution in [0.2, 0.25) is 0 Å². The average Bonchev–Trinajstić information content (AvgIpc) is 1.56. The number of para-hydroxylation sites is 10. The quantitative estimate of drug-likeness (QED) is 0.136. The van der Waals surface area contributed by atoms with Crippen molar-refractivity contribution >= 4 is 249 Å². The van der Waals surface area contributed by atoms with Gasteiger partial charge in [-0.1, -0.05) is 322 Å². The molecule has 0 aliphatic rings. The summed E-state index contributed by atoms with van der Waals surface area (Å²) in [5.41, 5.74) is 28.1. The summed E-state index contributed by atoms with van der Waals surface area (Å²) in [5.74, 6) is 2.83. The van der Waals surface area contributed by atoms with Gasteiger partial charge in [0.05, 0.1) is 109 Å². The topological polar surface area (TPSA) is 159 Å². The van der Waals surface area contributed by atoms with Crippen LogP contribution in [0.1, 0.15) is 0 Å². The molecule has 16 nitrogen and oxygen atoms in total. The standard InChI is InChI=1S/C43H25N5O.2C43H25N5S/c1-3-13-26(14-4-1)37-42-39(31-19-9-12-22-36(31)49-42)46-43(45-37)48-35-21-11-8-18-29(35)33-25-44-38-32(40(33)48)24-23-30-28-17-7-10-20-34(28)47(41(30)38)27-15-5-2-6-16-27;1-3-13-26(14-4-1)42-45-38-31-19-9-12-22-36(31)49-41(38)43(46-42)48-35-21-11-8-18-29(35)33-25-44-37-32(39(33)48)24-23-30-28-17-7-10-20-34(28)47(40(30)37)27-15-5-2-6-16-27;1-3-13-26(14-4-1)37-42-39(31-19-9-12-22-36(31)49-42)46-43(45-37)48-35-21-11-8-18-29(35)33-25-44-38-32(40(33)48)24-23-30-28-17-7-10-20-34(28)47(41(30)38)27-15-5-2-6-16-27/h3*1-25H. The lowest BCUT2D eigenvalue weighted by Crippen LogP contribution is -2.03. The third kappa shape index (κ3) is 12.4. The zero-order valence-corrected chi connectivity index (χ0v) is 79.9. The van der Waals surface area contributed by atoms with Crippen LogP contribution in [0, 0.1) is 0 Å². The van der Waals surface area contributed by atoms with E-state index in [0.29, 0.717) is 23.3 Å². The second-order valence-corrected chi connectivity index (χ2v) is 39.4. The highest BCUT2D eigenvalue weighted by Crippen LogP contribution is 2.50. The molecule has 684 valence electrons. The van der Waals surface area contributed by atoms with Crippen molar-refractivity contribution in [2.75, 3.05) is 0 Å². The highest BCUT2D eigenvalue weighted by atomic mass is 32.1. The minimum atomic E-state index is 0.584. The van der Waals surface area contributed by atoms with E-state index in [1.54, 1.807) is 22.7 Å². The number of thiophene rings is 2. The van der Waals surface area contributed by atoms with Crippen molar-refractivity contribution in [2.24, 2.45) is 0 Å². The Morgan fingerprint density at radius 1 is 0.190 bits per heavy atom. The summed E-state index contributed by atoms with van der Waals surface area (Å²) < 4.78 is 24.9. The highest BCUT2D eigenvalue weighted by Gasteiger charge is 2.31. The molecule has 0 aliphatic heterocycles. The molecule has 18 heteroatoms. The molecule has 33 rings (SSSR count). The predicted octanol–water partition coefficient (Wildman–Crippen LogP) is 33.3. The largest absolute Gasteiger partial charge is 0.452 e.